The number of halogens is 4. The minimum Gasteiger partial charge on any atom is -0.433 e. The van der Waals surface area contributed by atoms with E-state index in [9.17, 15) is 18.0 Å². The molecule has 9 heteroatoms. The number of rotatable bonds is 5. The first kappa shape index (κ1) is 22.9. The first-order valence-electron chi connectivity index (χ1n) is 10.6. The Morgan fingerprint density at radius 2 is 1.86 bits per heavy atom. The van der Waals surface area contributed by atoms with Gasteiger partial charge in [0.25, 0.3) is 0 Å². The minimum absolute atomic E-state index is 0.0936. The summed E-state index contributed by atoms with van der Waals surface area (Å²) >= 11 is 5.94. The highest BCUT2D eigenvalue weighted by molar-refractivity contribution is 6.30. The summed E-state index contributed by atoms with van der Waals surface area (Å²) in [7, 11) is 0. The Morgan fingerprint density at radius 1 is 1.09 bits per heavy atom. The Morgan fingerprint density at radius 3 is 2.54 bits per heavy atom. The second-order valence-electron chi connectivity index (χ2n) is 8.06. The van der Waals surface area contributed by atoms with Crippen molar-refractivity contribution in [1.29, 1.82) is 0 Å². The molecule has 0 N–H and O–H groups in total. The number of ketones is 1. The van der Waals surface area contributed by atoms with E-state index in [0.29, 0.717) is 16.1 Å². The summed E-state index contributed by atoms with van der Waals surface area (Å²) in [6.07, 6.45) is -0.617. The molecule has 0 saturated carbocycles. The van der Waals surface area contributed by atoms with Crippen LogP contribution in [0.5, 0.6) is 0 Å². The number of carbonyl (C=O) groups excluding carboxylic acids is 1. The third kappa shape index (κ3) is 4.33. The van der Waals surface area contributed by atoms with E-state index in [0.717, 1.165) is 16.3 Å². The number of carbonyl (C=O) groups is 1. The monoisotopic (exact) mass is 495 g/mol. The molecular formula is C26H17ClF3N3O2. The van der Waals surface area contributed by atoms with E-state index in [2.05, 4.69) is 9.97 Å². The molecule has 35 heavy (non-hydrogen) atoms. The number of alkyl halides is 3. The number of nitrogens with zero attached hydrogens (tertiary/aromatic N) is 3. The van der Waals surface area contributed by atoms with E-state index >= 15 is 0 Å². The maximum atomic E-state index is 14.5. The van der Waals surface area contributed by atoms with Crippen LogP contribution in [-0.4, -0.2) is 20.3 Å². The summed E-state index contributed by atoms with van der Waals surface area (Å²) in [5, 5.41) is 0.666. The lowest BCUT2D eigenvalue weighted by Gasteiger charge is -2.15. The van der Waals surface area contributed by atoms with Crippen molar-refractivity contribution in [2.24, 2.45) is 0 Å². The van der Waals surface area contributed by atoms with Crippen molar-refractivity contribution in [2.45, 2.75) is 19.6 Å². The van der Waals surface area contributed by atoms with Crippen LogP contribution in [0.4, 0.5) is 13.2 Å². The highest BCUT2D eigenvalue weighted by Crippen LogP contribution is 2.40. The molecule has 0 spiro atoms. The van der Waals surface area contributed by atoms with Gasteiger partial charge >= 0.3 is 6.18 Å². The van der Waals surface area contributed by atoms with Crippen LogP contribution < -0.4 is 0 Å². The Bertz CT molecular complexity index is 1540. The van der Waals surface area contributed by atoms with E-state index < -0.39 is 23.2 Å². The molecule has 2 aromatic carbocycles. The van der Waals surface area contributed by atoms with Gasteiger partial charge in [0.2, 0.25) is 11.7 Å². The van der Waals surface area contributed by atoms with Gasteiger partial charge in [0.15, 0.2) is 5.76 Å². The normalized spacial score (nSPS) is 11.8. The second kappa shape index (κ2) is 8.70. The molecule has 0 aliphatic carbocycles. The van der Waals surface area contributed by atoms with Gasteiger partial charge in [-0.25, -0.2) is 4.98 Å². The number of aromatic nitrogens is 3. The standard InChI is InChI=1S/C26H17ClF3N3O2/c1-15-4-9-20-19(11-15)22(23(34)21-13-32-25(35-21)17-3-2-10-31-12-17)24(26(28,29)30)33(20)14-16-5-7-18(27)8-6-16/h2-13H,14H2,1H3. The fourth-order valence-electron chi connectivity index (χ4n) is 4.05. The number of hydrogen-bond donors (Lipinski definition) is 0. The number of aryl methyl sites for hydroxylation is 1. The average Bonchev–Trinajstić information content (AvgIpc) is 3.44. The summed E-state index contributed by atoms with van der Waals surface area (Å²) in [6.45, 7) is 1.66. The Labute approximate surface area is 202 Å². The molecule has 0 radical (unpaired) electrons. The van der Waals surface area contributed by atoms with Crippen LogP contribution >= 0.6 is 11.6 Å². The van der Waals surface area contributed by atoms with E-state index in [1.165, 1.54) is 6.20 Å². The molecule has 5 rings (SSSR count). The van der Waals surface area contributed by atoms with Crippen LogP contribution in [-0.2, 0) is 12.7 Å². The first-order chi connectivity index (χ1) is 16.7. The third-order valence-corrected chi connectivity index (χ3v) is 5.86. The van der Waals surface area contributed by atoms with Gasteiger partial charge in [-0.15, -0.1) is 0 Å². The van der Waals surface area contributed by atoms with Gasteiger partial charge in [0.1, 0.15) is 5.69 Å². The van der Waals surface area contributed by atoms with Crippen molar-refractivity contribution in [3.05, 3.63) is 106 Å². The first-order valence-corrected chi connectivity index (χ1v) is 11.0. The van der Waals surface area contributed by atoms with Gasteiger partial charge in [-0.1, -0.05) is 35.4 Å². The molecule has 5 aromatic rings. The highest BCUT2D eigenvalue weighted by Gasteiger charge is 2.42. The van der Waals surface area contributed by atoms with Crippen molar-refractivity contribution in [2.75, 3.05) is 0 Å². The molecule has 3 aromatic heterocycles. The van der Waals surface area contributed by atoms with Crippen molar-refractivity contribution in [1.82, 2.24) is 14.5 Å². The van der Waals surface area contributed by atoms with Crippen molar-refractivity contribution >= 4 is 28.3 Å². The summed E-state index contributed by atoms with van der Waals surface area (Å²) in [5.74, 6) is -1.09. The quantitative estimate of drug-likeness (QED) is 0.247. The van der Waals surface area contributed by atoms with E-state index in [1.54, 1.807) is 67.7 Å². The molecule has 3 heterocycles. The fourth-order valence-corrected chi connectivity index (χ4v) is 4.18. The Kier molecular flexibility index (Phi) is 5.68. The van der Waals surface area contributed by atoms with Gasteiger partial charge in [0, 0.05) is 34.9 Å². The lowest BCUT2D eigenvalue weighted by atomic mass is 10.0. The Hall–Kier alpha value is -3.91. The number of fused-ring (bicyclic) bond motifs is 1. The van der Waals surface area contributed by atoms with Crippen molar-refractivity contribution in [3.63, 3.8) is 0 Å². The van der Waals surface area contributed by atoms with Crippen LogP contribution in [0.25, 0.3) is 22.4 Å². The zero-order valence-corrected chi connectivity index (χ0v) is 19.1. The minimum atomic E-state index is -4.81. The van der Waals surface area contributed by atoms with E-state index in [-0.39, 0.29) is 29.1 Å². The molecule has 176 valence electrons. The smallest absolute Gasteiger partial charge is 0.432 e. The van der Waals surface area contributed by atoms with Gasteiger partial charge in [-0.2, -0.15) is 13.2 Å². The third-order valence-electron chi connectivity index (χ3n) is 5.61. The molecule has 0 saturated heterocycles. The number of benzene rings is 2. The SMILES string of the molecule is Cc1ccc2c(c1)c(C(=O)c1cnc(-c3cccnc3)o1)c(C(F)(F)F)n2Cc1ccc(Cl)cc1. The van der Waals surface area contributed by atoms with E-state index in [4.69, 9.17) is 16.0 Å². The number of pyridine rings is 1. The largest absolute Gasteiger partial charge is 0.433 e. The summed E-state index contributed by atoms with van der Waals surface area (Å²) in [6, 6.07) is 14.8. The molecule has 0 unspecified atom stereocenters. The summed E-state index contributed by atoms with van der Waals surface area (Å²) in [4.78, 5) is 21.6. The zero-order valence-electron chi connectivity index (χ0n) is 18.3. The van der Waals surface area contributed by atoms with Crippen LogP contribution in [0.15, 0.2) is 77.6 Å². The fraction of sp³-hybridized carbons (Fsp3) is 0.115. The topological polar surface area (TPSA) is 60.9 Å². The van der Waals surface area contributed by atoms with Crippen molar-refractivity contribution < 1.29 is 22.4 Å². The van der Waals surface area contributed by atoms with E-state index in [1.807, 2.05) is 0 Å². The number of oxazole rings is 1. The Balaban J connectivity index is 1.70. The van der Waals surface area contributed by atoms with Gasteiger partial charge in [-0.05, 0) is 48.9 Å². The predicted molar refractivity (Wildman–Crippen MR) is 125 cm³/mol. The van der Waals surface area contributed by atoms with Gasteiger partial charge < -0.3 is 8.98 Å². The number of hydrogen-bond acceptors (Lipinski definition) is 4. The summed E-state index contributed by atoms with van der Waals surface area (Å²) < 4.78 is 50.2. The van der Waals surface area contributed by atoms with Crippen LogP contribution in [0.2, 0.25) is 5.02 Å². The lowest BCUT2D eigenvalue weighted by molar-refractivity contribution is -0.143. The molecule has 0 aliphatic rings. The van der Waals surface area contributed by atoms with Crippen LogP contribution in [0.3, 0.4) is 0 Å². The molecule has 5 nitrogen and oxygen atoms in total. The molecule has 0 fully saturated rings. The zero-order chi connectivity index (χ0) is 24.7. The molecule has 0 bridgehead atoms. The highest BCUT2D eigenvalue weighted by atomic mass is 35.5. The van der Waals surface area contributed by atoms with Crippen molar-refractivity contribution in [3.8, 4) is 11.5 Å². The van der Waals surface area contributed by atoms with Crippen LogP contribution in [0, 0.1) is 6.92 Å². The second-order valence-corrected chi connectivity index (χ2v) is 8.49. The molecule has 0 aliphatic heterocycles. The summed E-state index contributed by atoms with van der Waals surface area (Å²) in [5.41, 5.74) is 0.598. The molecule has 0 atom stereocenters. The maximum Gasteiger partial charge on any atom is 0.432 e. The molecule has 0 amide bonds. The van der Waals surface area contributed by atoms with Gasteiger partial charge in [-0.3, -0.25) is 9.78 Å². The van der Waals surface area contributed by atoms with Crippen LogP contribution in [0.1, 0.15) is 32.9 Å². The van der Waals surface area contributed by atoms with Gasteiger partial charge in [0.05, 0.1) is 17.3 Å². The molecular weight excluding hydrogens is 479 g/mol. The predicted octanol–water partition coefficient (Wildman–Crippen LogP) is 6.95. The lowest BCUT2D eigenvalue weighted by Crippen LogP contribution is -2.18. The average molecular weight is 496 g/mol. The maximum absolute atomic E-state index is 14.5.